The minimum absolute atomic E-state index is 0.132. The number of nitriles is 1. The molecule has 3 rings (SSSR count). The lowest BCUT2D eigenvalue weighted by molar-refractivity contribution is 0.178. The molecule has 0 bridgehead atoms. The quantitative estimate of drug-likeness (QED) is 0.672. The highest BCUT2D eigenvalue weighted by molar-refractivity contribution is 6.31. The molecule has 0 saturated carbocycles. The summed E-state index contributed by atoms with van der Waals surface area (Å²) in [4.78, 5) is 16.4. The van der Waals surface area contributed by atoms with E-state index in [-0.39, 0.29) is 16.4 Å². The fraction of sp³-hybridized carbons (Fsp3) is 0.278. The van der Waals surface area contributed by atoms with E-state index in [2.05, 4.69) is 10.3 Å². The summed E-state index contributed by atoms with van der Waals surface area (Å²) < 4.78 is 3.21. The van der Waals surface area contributed by atoms with E-state index in [1.165, 1.54) is 6.20 Å². The molecule has 0 amide bonds. The molecule has 3 aromatic rings. The van der Waals surface area contributed by atoms with Crippen LogP contribution in [0.2, 0.25) is 5.15 Å². The fourth-order valence-corrected chi connectivity index (χ4v) is 3.02. The molecule has 1 unspecified atom stereocenters. The van der Waals surface area contributed by atoms with Crippen LogP contribution < -0.4 is 11.0 Å². The van der Waals surface area contributed by atoms with E-state index < -0.39 is 6.10 Å². The minimum atomic E-state index is -0.490. The van der Waals surface area contributed by atoms with Crippen molar-refractivity contribution in [1.29, 1.82) is 5.26 Å². The molecule has 2 N–H and O–H groups in total. The Hall–Kier alpha value is -2.82. The predicted molar refractivity (Wildman–Crippen MR) is 101 cm³/mol. The second-order valence-corrected chi connectivity index (χ2v) is 6.45. The third-order valence-electron chi connectivity index (χ3n) is 4.21. The third kappa shape index (κ3) is 3.29. The van der Waals surface area contributed by atoms with E-state index in [4.69, 9.17) is 11.6 Å². The molecule has 0 aliphatic heterocycles. The van der Waals surface area contributed by atoms with Gasteiger partial charge in [0, 0.05) is 25.5 Å². The monoisotopic (exact) mass is 371 g/mol. The van der Waals surface area contributed by atoms with Crippen LogP contribution in [-0.2, 0) is 13.6 Å². The smallest absolute Gasteiger partial charge is 0.328 e. The van der Waals surface area contributed by atoms with Crippen LogP contribution in [0.1, 0.15) is 18.9 Å². The van der Waals surface area contributed by atoms with E-state index >= 15 is 0 Å². The lowest BCUT2D eigenvalue weighted by Gasteiger charge is -2.10. The number of anilines is 2. The number of nitrogens with zero attached hydrogens (tertiary/aromatic N) is 4. The van der Waals surface area contributed by atoms with E-state index in [1.807, 2.05) is 24.3 Å². The van der Waals surface area contributed by atoms with Crippen molar-refractivity contribution >= 4 is 34.0 Å². The van der Waals surface area contributed by atoms with Gasteiger partial charge in [-0.05, 0) is 37.6 Å². The minimum Gasteiger partial charge on any atom is -0.393 e. The molecule has 26 heavy (non-hydrogen) atoms. The van der Waals surface area contributed by atoms with Gasteiger partial charge in [-0.3, -0.25) is 9.13 Å². The number of aliphatic hydroxyl groups is 1. The molecule has 1 aromatic carbocycles. The molecular weight excluding hydrogens is 354 g/mol. The lowest BCUT2D eigenvalue weighted by atomic mass is 10.2. The zero-order valence-corrected chi connectivity index (χ0v) is 15.2. The SMILES string of the molecule is CC(O)CCn1c(=O)n(C)c2ccc(Nc3ccnc(Cl)c3C#N)cc21. The Labute approximate surface area is 155 Å². The van der Waals surface area contributed by atoms with Gasteiger partial charge < -0.3 is 10.4 Å². The Kier molecular flexibility index (Phi) is 4.98. The molecule has 1 atom stereocenters. The highest BCUT2D eigenvalue weighted by atomic mass is 35.5. The summed E-state index contributed by atoms with van der Waals surface area (Å²) in [6.07, 6.45) is 1.51. The number of benzene rings is 1. The van der Waals surface area contributed by atoms with Gasteiger partial charge in [-0.1, -0.05) is 11.6 Å². The predicted octanol–water partition coefficient (Wildman–Crippen LogP) is 2.77. The molecular formula is C18H18ClN5O2. The first-order valence-corrected chi connectivity index (χ1v) is 8.49. The summed E-state index contributed by atoms with van der Waals surface area (Å²) in [5.41, 5.74) is 2.92. The summed E-state index contributed by atoms with van der Waals surface area (Å²) in [7, 11) is 1.72. The van der Waals surface area contributed by atoms with Crippen LogP contribution in [0.3, 0.4) is 0 Å². The first kappa shape index (κ1) is 18.0. The normalized spacial score (nSPS) is 12.1. The van der Waals surface area contributed by atoms with Crippen molar-refractivity contribution in [3.63, 3.8) is 0 Å². The average molecular weight is 372 g/mol. The molecule has 8 heteroatoms. The van der Waals surface area contributed by atoms with Crippen LogP contribution >= 0.6 is 11.6 Å². The van der Waals surface area contributed by atoms with Crippen molar-refractivity contribution < 1.29 is 5.11 Å². The molecule has 0 fully saturated rings. The highest BCUT2D eigenvalue weighted by Gasteiger charge is 2.13. The van der Waals surface area contributed by atoms with E-state index in [0.717, 1.165) is 11.0 Å². The summed E-state index contributed by atoms with van der Waals surface area (Å²) >= 11 is 5.96. The number of aryl methyl sites for hydroxylation is 2. The standard InChI is InChI=1S/C18H18ClN5O2/c1-11(25)6-8-24-16-9-12(3-4-15(16)23(2)18(24)26)22-14-5-7-21-17(19)13(14)10-20/h3-5,7,9,11,25H,6,8H2,1-2H3,(H,21,22). The number of aliphatic hydroxyl groups excluding tert-OH is 1. The van der Waals surface area contributed by atoms with Gasteiger partial charge >= 0.3 is 5.69 Å². The Morgan fingerprint density at radius 3 is 2.85 bits per heavy atom. The number of nitrogens with one attached hydrogen (secondary N) is 1. The number of hydrogen-bond donors (Lipinski definition) is 2. The van der Waals surface area contributed by atoms with Gasteiger partial charge in [-0.2, -0.15) is 5.26 Å². The molecule has 0 spiro atoms. The molecule has 134 valence electrons. The van der Waals surface area contributed by atoms with Gasteiger partial charge in [0.15, 0.2) is 0 Å². The Morgan fingerprint density at radius 1 is 1.38 bits per heavy atom. The van der Waals surface area contributed by atoms with Gasteiger partial charge in [0.2, 0.25) is 0 Å². The van der Waals surface area contributed by atoms with E-state index in [1.54, 1.807) is 29.2 Å². The van der Waals surface area contributed by atoms with Gasteiger partial charge in [0.25, 0.3) is 0 Å². The largest absolute Gasteiger partial charge is 0.393 e. The van der Waals surface area contributed by atoms with Crippen molar-refractivity contribution in [3.8, 4) is 6.07 Å². The maximum atomic E-state index is 12.5. The molecule has 0 aliphatic carbocycles. The molecule has 2 aromatic heterocycles. The van der Waals surface area contributed by atoms with Crippen molar-refractivity contribution in [2.75, 3.05) is 5.32 Å². The second kappa shape index (κ2) is 7.20. The summed E-state index contributed by atoms with van der Waals surface area (Å²) in [5.74, 6) is 0. The molecule has 2 heterocycles. The zero-order chi connectivity index (χ0) is 18.8. The fourth-order valence-electron chi connectivity index (χ4n) is 2.82. The van der Waals surface area contributed by atoms with Crippen molar-refractivity contribution in [2.45, 2.75) is 26.0 Å². The van der Waals surface area contributed by atoms with Crippen LogP contribution in [0.4, 0.5) is 11.4 Å². The van der Waals surface area contributed by atoms with Gasteiger partial charge in [-0.25, -0.2) is 9.78 Å². The Bertz CT molecular complexity index is 1060. The third-order valence-corrected chi connectivity index (χ3v) is 4.50. The summed E-state index contributed by atoms with van der Waals surface area (Å²) in [6, 6.07) is 9.21. The Balaban J connectivity index is 2.04. The topological polar surface area (TPSA) is 95.9 Å². The summed E-state index contributed by atoms with van der Waals surface area (Å²) in [5, 5.41) is 22.1. The number of pyridine rings is 1. The van der Waals surface area contributed by atoms with Gasteiger partial charge in [0.1, 0.15) is 16.8 Å². The van der Waals surface area contributed by atoms with Crippen LogP contribution in [-0.4, -0.2) is 25.3 Å². The summed E-state index contributed by atoms with van der Waals surface area (Å²) in [6.45, 7) is 2.11. The second-order valence-electron chi connectivity index (χ2n) is 6.10. The van der Waals surface area contributed by atoms with Crippen molar-refractivity contribution in [2.24, 2.45) is 7.05 Å². The zero-order valence-electron chi connectivity index (χ0n) is 14.4. The number of aromatic nitrogens is 3. The van der Waals surface area contributed by atoms with E-state index in [0.29, 0.717) is 24.3 Å². The molecule has 7 nitrogen and oxygen atoms in total. The molecule has 0 radical (unpaired) electrons. The Morgan fingerprint density at radius 2 is 2.15 bits per heavy atom. The van der Waals surface area contributed by atoms with Crippen molar-refractivity contribution in [3.05, 3.63) is 51.7 Å². The van der Waals surface area contributed by atoms with E-state index in [9.17, 15) is 15.2 Å². The van der Waals surface area contributed by atoms with Crippen LogP contribution in [0, 0.1) is 11.3 Å². The van der Waals surface area contributed by atoms with Crippen LogP contribution in [0.15, 0.2) is 35.3 Å². The number of imidazole rings is 1. The first-order chi connectivity index (χ1) is 12.4. The van der Waals surface area contributed by atoms with Crippen molar-refractivity contribution in [1.82, 2.24) is 14.1 Å². The number of halogens is 1. The number of fused-ring (bicyclic) bond motifs is 1. The number of rotatable bonds is 5. The number of hydrogen-bond acceptors (Lipinski definition) is 5. The van der Waals surface area contributed by atoms with Gasteiger partial charge in [-0.15, -0.1) is 0 Å². The maximum Gasteiger partial charge on any atom is 0.328 e. The average Bonchev–Trinajstić information content (AvgIpc) is 2.84. The molecule has 0 saturated heterocycles. The van der Waals surface area contributed by atoms with Crippen LogP contribution in [0.5, 0.6) is 0 Å². The highest BCUT2D eigenvalue weighted by Crippen LogP contribution is 2.26. The van der Waals surface area contributed by atoms with Crippen LogP contribution in [0.25, 0.3) is 11.0 Å². The molecule has 0 aliphatic rings. The maximum absolute atomic E-state index is 12.5. The lowest BCUT2D eigenvalue weighted by Crippen LogP contribution is -2.23. The van der Waals surface area contributed by atoms with Gasteiger partial charge in [0.05, 0.1) is 22.8 Å². The first-order valence-electron chi connectivity index (χ1n) is 8.11.